The van der Waals surface area contributed by atoms with E-state index < -0.39 is 30.4 Å². The molecule has 1 unspecified atom stereocenters. The zero-order chi connectivity index (χ0) is 21.2. The van der Waals surface area contributed by atoms with E-state index in [9.17, 15) is 23.1 Å². The van der Waals surface area contributed by atoms with E-state index in [2.05, 4.69) is 5.32 Å². The smallest absolute Gasteiger partial charge is 0.256 e. The number of benzene rings is 2. The number of rotatable bonds is 3. The van der Waals surface area contributed by atoms with E-state index in [4.69, 9.17) is 22.7 Å². The molecule has 29 heavy (non-hydrogen) atoms. The molecule has 0 radical (unpaired) electrons. The minimum absolute atomic E-state index is 0.0117. The number of carbonyl (C=O) groups excluding carboxylic acids is 1. The number of nitrogens with zero attached hydrogens (tertiary/aromatic N) is 2. The summed E-state index contributed by atoms with van der Waals surface area (Å²) in [7, 11) is 1.43. The lowest BCUT2D eigenvalue weighted by Gasteiger charge is -2.26. The van der Waals surface area contributed by atoms with Crippen molar-refractivity contribution in [1.29, 1.82) is 5.41 Å². The first-order valence-electron chi connectivity index (χ1n) is 8.41. The molecule has 2 heterocycles. The van der Waals surface area contributed by atoms with Crippen LogP contribution in [0.25, 0.3) is 11.0 Å². The predicted molar refractivity (Wildman–Crippen MR) is 99.1 cm³/mol. The van der Waals surface area contributed by atoms with Crippen LogP contribution in [-0.2, 0) is 19.3 Å². The molecule has 0 spiro atoms. The number of alkyl halides is 2. The average Bonchev–Trinajstić information content (AvgIpc) is 3.04. The zero-order valence-corrected chi connectivity index (χ0v) is 15.7. The standard InChI is InChI=1S/C18H15ClF3N5O2/c1-26-15-11(27(17(26)24)6-12(21)22)5-10(23)14-13(15)16(28)25-18(14,29)8-4-7(20)2-3-9(8)19/h2-5,12,24,29H,6,23H2,1H3,(H,25,28). The van der Waals surface area contributed by atoms with E-state index in [1.807, 2.05) is 0 Å². The van der Waals surface area contributed by atoms with E-state index in [0.717, 1.165) is 16.7 Å². The van der Waals surface area contributed by atoms with E-state index in [1.54, 1.807) is 0 Å². The molecule has 152 valence electrons. The van der Waals surface area contributed by atoms with Crippen LogP contribution in [0.4, 0.5) is 18.9 Å². The lowest BCUT2D eigenvalue weighted by Crippen LogP contribution is -2.41. The molecule has 3 aromatic rings. The third-order valence-corrected chi connectivity index (χ3v) is 5.36. The lowest BCUT2D eigenvalue weighted by molar-refractivity contribution is 0.0479. The first-order chi connectivity index (χ1) is 13.6. The normalized spacial score (nSPS) is 18.5. The van der Waals surface area contributed by atoms with Crippen molar-refractivity contribution in [3.8, 4) is 0 Å². The van der Waals surface area contributed by atoms with Crippen molar-refractivity contribution in [2.45, 2.75) is 18.7 Å². The first kappa shape index (κ1) is 19.3. The van der Waals surface area contributed by atoms with Gasteiger partial charge >= 0.3 is 0 Å². The van der Waals surface area contributed by atoms with Gasteiger partial charge in [-0.3, -0.25) is 10.2 Å². The number of fused-ring (bicyclic) bond motifs is 3. The van der Waals surface area contributed by atoms with Gasteiger partial charge < -0.3 is 25.3 Å². The monoisotopic (exact) mass is 425 g/mol. The summed E-state index contributed by atoms with van der Waals surface area (Å²) in [6.45, 7) is -0.768. The van der Waals surface area contributed by atoms with Gasteiger partial charge in [-0.25, -0.2) is 13.2 Å². The van der Waals surface area contributed by atoms with Crippen LogP contribution in [0.5, 0.6) is 0 Å². The Labute approximate surface area is 166 Å². The number of aliphatic hydroxyl groups is 1. The second-order valence-corrected chi connectivity index (χ2v) is 7.16. The minimum Gasteiger partial charge on any atom is -0.398 e. The molecule has 7 nitrogen and oxygen atoms in total. The second kappa shape index (κ2) is 6.26. The summed E-state index contributed by atoms with van der Waals surface area (Å²) in [6.07, 6.45) is -2.74. The van der Waals surface area contributed by atoms with Gasteiger partial charge in [0.05, 0.1) is 23.1 Å². The van der Waals surface area contributed by atoms with Gasteiger partial charge in [0.2, 0.25) is 5.62 Å². The second-order valence-electron chi connectivity index (χ2n) is 6.76. The Balaban J connectivity index is 2.09. The Kier molecular flexibility index (Phi) is 4.18. The molecule has 11 heteroatoms. The molecule has 1 atom stereocenters. The van der Waals surface area contributed by atoms with Gasteiger partial charge in [0.25, 0.3) is 12.3 Å². The molecule has 2 aromatic carbocycles. The Bertz CT molecular complexity index is 1250. The summed E-state index contributed by atoms with van der Waals surface area (Å²) in [5.74, 6) is -1.45. The summed E-state index contributed by atoms with van der Waals surface area (Å²) in [6, 6.07) is 4.59. The van der Waals surface area contributed by atoms with Gasteiger partial charge in [0.1, 0.15) is 5.82 Å². The van der Waals surface area contributed by atoms with Crippen molar-refractivity contribution < 1.29 is 23.1 Å². The molecule has 0 saturated carbocycles. The molecule has 5 N–H and O–H groups in total. The maximum Gasteiger partial charge on any atom is 0.256 e. The zero-order valence-electron chi connectivity index (χ0n) is 14.9. The highest BCUT2D eigenvalue weighted by atomic mass is 35.5. The molecule has 0 saturated heterocycles. The Hall–Kier alpha value is -2.98. The molecule has 0 bridgehead atoms. The van der Waals surface area contributed by atoms with Gasteiger partial charge in [0, 0.05) is 28.9 Å². The van der Waals surface area contributed by atoms with Crippen LogP contribution < -0.4 is 16.7 Å². The summed E-state index contributed by atoms with van der Waals surface area (Å²) in [5, 5.41) is 21.8. The van der Waals surface area contributed by atoms with Gasteiger partial charge in [0.15, 0.2) is 5.72 Å². The molecular weight excluding hydrogens is 411 g/mol. The summed E-state index contributed by atoms with van der Waals surface area (Å²) in [4.78, 5) is 12.8. The van der Waals surface area contributed by atoms with Crippen LogP contribution >= 0.6 is 11.6 Å². The fourth-order valence-corrected chi connectivity index (χ4v) is 4.08. The Morgan fingerprint density at radius 1 is 1.38 bits per heavy atom. The molecular formula is C18H15ClF3N5O2. The molecule has 1 aliphatic rings. The minimum atomic E-state index is -2.74. The number of hydrogen-bond donors (Lipinski definition) is 4. The number of nitrogens with two attached hydrogens (primary N) is 1. The molecule has 4 rings (SSSR count). The first-order valence-corrected chi connectivity index (χ1v) is 8.79. The van der Waals surface area contributed by atoms with Gasteiger partial charge in [-0.2, -0.15) is 0 Å². The lowest BCUT2D eigenvalue weighted by atomic mass is 9.92. The van der Waals surface area contributed by atoms with Crippen LogP contribution in [0.15, 0.2) is 24.3 Å². The number of nitrogen functional groups attached to an aromatic ring is 1. The third-order valence-electron chi connectivity index (χ3n) is 5.03. The van der Waals surface area contributed by atoms with Crippen molar-refractivity contribution in [2.75, 3.05) is 5.73 Å². The van der Waals surface area contributed by atoms with Gasteiger partial charge in [-0.15, -0.1) is 0 Å². The Morgan fingerprint density at radius 3 is 2.72 bits per heavy atom. The maximum atomic E-state index is 13.8. The van der Waals surface area contributed by atoms with Crippen molar-refractivity contribution in [1.82, 2.24) is 14.5 Å². The van der Waals surface area contributed by atoms with Crippen LogP contribution in [0, 0.1) is 11.2 Å². The molecule has 1 aliphatic heterocycles. The molecule has 0 aliphatic carbocycles. The number of imidazole rings is 1. The number of carbonyl (C=O) groups is 1. The summed E-state index contributed by atoms with van der Waals surface area (Å²) < 4.78 is 42.1. The molecule has 1 aromatic heterocycles. The topological polar surface area (TPSA) is 109 Å². The number of nitrogens with one attached hydrogen (secondary N) is 2. The highest BCUT2D eigenvalue weighted by Gasteiger charge is 2.47. The highest BCUT2D eigenvalue weighted by molar-refractivity contribution is 6.31. The van der Waals surface area contributed by atoms with E-state index in [-0.39, 0.29) is 44.1 Å². The highest BCUT2D eigenvalue weighted by Crippen LogP contribution is 2.44. The van der Waals surface area contributed by atoms with Crippen molar-refractivity contribution in [2.24, 2.45) is 7.05 Å². The number of amides is 1. The fourth-order valence-electron chi connectivity index (χ4n) is 3.82. The van der Waals surface area contributed by atoms with Crippen LogP contribution in [0.2, 0.25) is 5.02 Å². The van der Waals surface area contributed by atoms with Crippen LogP contribution in [0.3, 0.4) is 0 Å². The van der Waals surface area contributed by atoms with Crippen LogP contribution in [0.1, 0.15) is 21.5 Å². The predicted octanol–water partition coefficient (Wildman–Crippen LogP) is 2.04. The molecule has 1 amide bonds. The number of hydrogen-bond acceptors (Lipinski definition) is 4. The quantitative estimate of drug-likeness (QED) is 0.482. The van der Waals surface area contributed by atoms with E-state index in [0.29, 0.717) is 0 Å². The maximum absolute atomic E-state index is 13.8. The average molecular weight is 426 g/mol. The fraction of sp³-hybridized carbons (Fsp3) is 0.222. The van der Waals surface area contributed by atoms with E-state index in [1.165, 1.54) is 23.7 Å². The third kappa shape index (κ3) is 2.63. The number of aryl methyl sites for hydroxylation is 1. The van der Waals surface area contributed by atoms with Gasteiger partial charge in [-0.1, -0.05) is 11.6 Å². The summed E-state index contributed by atoms with van der Waals surface area (Å²) in [5.41, 5.74) is 3.48. The number of halogens is 4. The number of anilines is 1. The van der Waals surface area contributed by atoms with E-state index >= 15 is 0 Å². The van der Waals surface area contributed by atoms with Crippen LogP contribution in [-0.4, -0.2) is 26.6 Å². The van der Waals surface area contributed by atoms with Gasteiger partial charge in [-0.05, 0) is 24.3 Å². The summed E-state index contributed by atoms with van der Waals surface area (Å²) >= 11 is 6.13. The Morgan fingerprint density at radius 2 is 2.07 bits per heavy atom. The van der Waals surface area contributed by atoms with Crippen molar-refractivity contribution in [3.63, 3.8) is 0 Å². The largest absolute Gasteiger partial charge is 0.398 e. The van der Waals surface area contributed by atoms with Crippen molar-refractivity contribution in [3.05, 3.63) is 57.4 Å². The molecule has 0 fully saturated rings. The van der Waals surface area contributed by atoms with Crippen molar-refractivity contribution >= 4 is 34.2 Å². The SMILES string of the molecule is Cn1c(=N)n(CC(F)F)c2cc(N)c3c(c21)C(=O)NC3(O)c1cc(F)ccc1Cl. The number of aromatic nitrogens is 2.